The zero-order chi connectivity index (χ0) is 20.7. The molecule has 0 aromatic heterocycles. The van der Waals surface area contributed by atoms with Crippen LogP contribution in [0.15, 0.2) is 0 Å². The first-order valence-corrected chi connectivity index (χ1v) is 11.9. The monoisotopic (exact) mass is 387 g/mol. The number of amides is 1. The Kier molecular flexibility index (Phi) is 20.8. The van der Waals surface area contributed by atoms with Crippen molar-refractivity contribution in [3.63, 3.8) is 0 Å². The Morgan fingerprint density at radius 1 is 0.750 bits per heavy atom. The molecule has 2 nitrogen and oxygen atoms in total. The maximum Gasteiger partial charge on any atom is 0.220 e. The highest BCUT2D eigenvalue weighted by molar-refractivity contribution is 5.76. The average Bonchev–Trinajstić information content (AvgIpc) is 2.68. The van der Waals surface area contributed by atoms with E-state index in [4.69, 9.17) is 12.2 Å². The van der Waals surface area contributed by atoms with E-state index in [2.05, 4.69) is 24.7 Å². The third-order valence-corrected chi connectivity index (χ3v) is 5.57. The molecule has 28 heavy (non-hydrogen) atoms. The summed E-state index contributed by atoms with van der Waals surface area (Å²) in [4.78, 5) is 11.7. The first-order chi connectivity index (χ1) is 13.7. The van der Waals surface area contributed by atoms with Crippen LogP contribution < -0.4 is 5.73 Å². The highest BCUT2D eigenvalue weighted by atomic mass is 16.1. The molecule has 0 aliphatic carbocycles. The number of unbranched alkanes of at least 4 members (excludes halogenated alkanes) is 15. The molecule has 160 valence electrons. The van der Waals surface area contributed by atoms with Crippen LogP contribution in [0.3, 0.4) is 0 Å². The number of rotatable bonds is 20. The lowest BCUT2D eigenvalue weighted by atomic mass is 9.93. The molecule has 0 aliphatic rings. The van der Waals surface area contributed by atoms with Crippen LogP contribution in [0.5, 0.6) is 0 Å². The summed E-state index contributed by atoms with van der Waals surface area (Å²) >= 11 is 0. The lowest BCUT2D eigenvalue weighted by Crippen LogP contribution is -2.23. The van der Waals surface area contributed by atoms with Gasteiger partial charge in [0, 0.05) is 12.3 Å². The molecule has 1 atom stereocenters. The van der Waals surface area contributed by atoms with Crippen molar-refractivity contribution in [3.8, 4) is 24.2 Å². The highest BCUT2D eigenvalue weighted by Crippen LogP contribution is 2.19. The fourth-order valence-electron chi connectivity index (χ4n) is 3.73. The summed E-state index contributed by atoms with van der Waals surface area (Å²) < 4.78 is 0. The molecule has 0 spiro atoms. The number of carbonyl (C=O) groups excluding carboxylic acids is 1. The van der Waals surface area contributed by atoms with Gasteiger partial charge < -0.3 is 5.73 Å². The van der Waals surface area contributed by atoms with Crippen LogP contribution in [0.4, 0.5) is 0 Å². The van der Waals surface area contributed by atoms with Gasteiger partial charge >= 0.3 is 0 Å². The highest BCUT2D eigenvalue weighted by Gasteiger charge is 2.14. The van der Waals surface area contributed by atoms with Gasteiger partial charge in [0.1, 0.15) is 0 Å². The Morgan fingerprint density at radius 3 is 1.61 bits per heavy atom. The third-order valence-electron chi connectivity index (χ3n) is 5.57. The molecular formula is C26H45NO. The molecule has 0 bridgehead atoms. The average molecular weight is 388 g/mol. The first kappa shape index (κ1) is 26.6. The van der Waals surface area contributed by atoms with Crippen LogP contribution in [-0.2, 0) is 4.79 Å². The van der Waals surface area contributed by atoms with Crippen molar-refractivity contribution in [1.29, 1.82) is 0 Å². The molecule has 0 radical (unpaired) electrons. The predicted octanol–water partition coefficient (Wildman–Crippen LogP) is 7.16. The van der Waals surface area contributed by atoms with Crippen LogP contribution in [0, 0.1) is 30.1 Å². The normalized spacial score (nSPS) is 11.4. The molecule has 0 aromatic rings. The molecule has 0 saturated heterocycles. The molecule has 0 saturated carbocycles. The molecule has 2 N–H and O–H groups in total. The molecule has 0 aromatic carbocycles. The molecular weight excluding hydrogens is 342 g/mol. The predicted molar refractivity (Wildman–Crippen MR) is 123 cm³/mol. The minimum atomic E-state index is -0.100. The summed E-state index contributed by atoms with van der Waals surface area (Å²) in [5.74, 6) is 7.94. The smallest absolute Gasteiger partial charge is 0.220 e. The Balaban J connectivity index is 3.51. The van der Waals surface area contributed by atoms with Gasteiger partial charge in [-0.25, -0.2) is 0 Å². The maximum absolute atomic E-state index is 11.7. The lowest BCUT2D eigenvalue weighted by Gasteiger charge is -2.13. The molecule has 0 aliphatic heterocycles. The van der Waals surface area contributed by atoms with Crippen molar-refractivity contribution in [1.82, 2.24) is 0 Å². The second kappa shape index (κ2) is 21.9. The SMILES string of the molecule is C#CC#CCCCCCCCC(CCCCCCCCCCCCC)C(N)=O. The second-order valence-corrected chi connectivity index (χ2v) is 8.18. The van der Waals surface area contributed by atoms with Gasteiger partial charge in [0.05, 0.1) is 0 Å². The van der Waals surface area contributed by atoms with Crippen LogP contribution in [0.25, 0.3) is 0 Å². The lowest BCUT2D eigenvalue weighted by molar-refractivity contribution is -0.122. The summed E-state index contributed by atoms with van der Waals surface area (Å²) in [5.41, 5.74) is 5.61. The van der Waals surface area contributed by atoms with Gasteiger partial charge in [-0.2, -0.15) is 0 Å². The van der Waals surface area contributed by atoms with Crippen molar-refractivity contribution >= 4 is 5.91 Å². The summed E-state index contributed by atoms with van der Waals surface area (Å²) in [5, 5.41) is 0. The van der Waals surface area contributed by atoms with Crippen molar-refractivity contribution in [2.45, 2.75) is 129 Å². The van der Waals surface area contributed by atoms with Gasteiger partial charge in [-0.1, -0.05) is 109 Å². The Morgan fingerprint density at radius 2 is 1.18 bits per heavy atom. The summed E-state index contributed by atoms with van der Waals surface area (Å²) in [6.45, 7) is 2.27. The molecule has 1 unspecified atom stereocenters. The topological polar surface area (TPSA) is 43.1 Å². The van der Waals surface area contributed by atoms with E-state index in [9.17, 15) is 4.79 Å². The van der Waals surface area contributed by atoms with E-state index in [0.29, 0.717) is 0 Å². The summed E-state index contributed by atoms with van der Waals surface area (Å²) in [7, 11) is 0. The standard InChI is InChI=1S/C26H45NO/c1-3-5-7-9-11-13-14-16-18-20-22-24-25(26(27)28)23-21-19-17-15-12-10-8-6-4-2/h2,25H,3,5,7,9-24H2,1H3,(H2,27,28). The first-order valence-electron chi connectivity index (χ1n) is 11.9. The van der Waals surface area contributed by atoms with Gasteiger partial charge in [-0.15, -0.1) is 6.42 Å². The van der Waals surface area contributed by atoms with Gasteiger partial charge in [0.25, 0.3) is 0 Å². The minimum Gasteiger partial charge on any atom is -0.369 e. The van der Waals surface area contributed by atoms with E-state index in [-0.39, 0.29) is 11.8 Å². The van der Waals surface area contributed by atoms with Crippen LogP contribution >= 0.6 is 0 Å². The van der Waals surface area contributed by atoms with Gasteiger partial charge in [0.15, 0.2) is 0 Å². The maximum atomic E-state index is 11.7. The van der Waals surface area contributed by atoms with E-state index < -0.39 is 0 Å². The minimum absolute atomic E-state index is 0.0834. The van der Waals surface area contributed by atoms with E-state index in [1.165, 1.54) is 83.5 Å². The van der Waals surface area contributed by atoms with Crippen molar-refractivity contribution < 1.29 is 4.79 Å². The summed E-state index contributed by atoms with van der Waals surface area (Å²) in [6.07, 6.45) is 28.5. The van der Waals surface area contributed by atoms with Gasteiger partial charge in [0.2, 0.25) is 5.91 Å². The van der Waals surface area contributed by atoms with E-state index in [1.54, 1.807) is 0 Å². The number of hydrogen-bond donors (Lipinski definition) is 1. The Labute approximate surface area is 175 Å². The fourth-order valence-corrected chi connectivity index (χ4v) is 3.73. The number of terminal acetylenes is 1. The van der Waals surface area contributed by atoms with Crippen molar-refractivity contribution in [3.05, 3.63) is 0 Å². The van der Waals surface area contributed by atoms with Gasteiger partial charge in [-0.3, -0.25) is 4.79 Å². The molecule has 0 rings (SSSR count). The quantitative estimate of drug-likeness (QED) is 0.175. The number of nitrogens with two attached hydrogens (primary N) is 1. The zero-order valence-electron chi connectivity index (χ0n) is 18.6. The Bertz CT molecular complexity index is 451. The van der Waals surface area contributed by atoms with E-state index in [1.807, 2.05) is 0 Å². The number of primary amides is 1. The summed E-state index contributed by atoms with van der Waals surface area (Å²) in [6, 6.07) is 0. The number of hydrogen-bond acceptors (Lipinski definition) is 1. The van der Waals surface area contributed by atoms with Crippen molar-refractivity contribution in [2.75, 3.05) is 0 Å². The molecule has 0 heterocycles. The Hall–Kier alpha value is -1.41. The van der Waals surface area contributed by atoms with Gasteiger partial charge in [-0.05, 0) is 31.1 Å². The molecule has 1 amide bonds. The third kappa shape index (κ3) is 19.4. The van der Waals surface area contributed by atoms with E-state index in [0.717, 1.165) is 38.5 Å². The molecule has 2 heteroatoms. The zero-order valence-corrected chi connectivity index (χ0v) is 18.6. The number of carbonyl (C=O) groups is 1. The van der Waals surface area contributed by atoms with Crippen LogP contribution in [0.1, 0.15) is 129 Å². The molecule has 0 fully saturated rings. The fraction of sp³-hybridized carbons (Fsp3) is 0.808. The van der Waals surface area contributed by atoms with E-state index >= 15 is 0 Å². The van der Waals surface area contributed by atoms with Crippen LogP contribution in [-0.4, -0.2) is 5.91 Å². The van der Waals surface area contributed by atoms with Crippen molar-refractivity contribution in [2.24, 2.45) is 11.7 Å². The largest absolute Gasteiger partial charge is 0.369 e. The van der Waals surface area contributed by atoms with Crippen LogP contribution in [0.2, 0.25) is 0 Å². The second-order valence-electron chi connectivity index (χ2n) is 8.18.